The summed E-state index contributed by atoms with van der Waals surface area (Å²) in [5, 5.41) is 8.73. The maximum absolute atomic E-state index is 8.73. The Kier molecular flexibility index (Phi) is 5.19. The van der Waals surface area contributed by atoms with Crippen LogP contribution in [0, 0.1) is 11.3 Å². The van der Waals surface area contributed by atoms with Crippen molar-refractivity contribution in [2.75, 3.05) is 32.7 Å². The highest BCUT2D eigenvalue weighted by Gasteiger charge is 2.12. The summed E-state index contributed by atoms with van der Waals surface area (Å²) >= 11 is 0. The first-order valence-electron chi connectivity index (χ1n) is 6.74. The minimum atomic E-state index is 0.582. The maximum atomic E-state index is 8.73. The van der Waals surface area contributed by atoms with Gasteiger partial charge in [0.25, 0.3) is 0 Å². The van der Waals surface area contributed by atoms with E-state index in [2.05, 4.69) is 46.2 Å². The number of hydrogen-bond donors (Lipinski definition) is 0. The van der Waals surface area contributed by atoms with Gasteiger partial charge in [-0.3, -0.25) is 9.80 Å². The Bertz CT molecular complexity index is 372. The van der Waals surface area contributed by atoms with Crippen molar-refractivity contribution in [3.8, 4) is 6.07 Å². The molecule has 3 nitrogen and oxygen atoms in total. The second kappa shape index (κ2) is 7.15. The Balaban J connectivity index is 1.81. The van der Waals surface area contributed by atoms with Gasteiger partial charge < -0.3 is 0 Å². The van der Waals surface area contributed by atoms with Crippen molar-refractivity contribution in [1.82, 2.24) is 9.80 Å². The zero-order valence-electron chi connectivity index (χ0n) is 10.9. The molecule has 1 heterocycles. The fourth-order valence-corrected chi connectivity index (χ4v) is 2.52. The lowest BCUT2D eigenvalue weighted by molar-refractivity contribution is 0.187. The molecule has 1 fully saturated rings. The van der Waals surface area contributed by atoms with Gasteiger partial charge in [-0.05, 0) is 31.5 Å². The van der Waals surface area contributed by atoms with Crippen LogP contribution in [-0.4, -0.2) is 42.5 Å². The number of nitriles is 1. The Morgan fingerprint density at radius 3 is 2.17 bits per heavy atom. The van der Waals surface area contributed by atoms with E-state index in [0.29, 0.717) is 6.54 Å². The molecule has 0 bridgehead atoms. The van der Waals surface area contributed by atoms with Crippen LogP contribution in [0.5, 0.6) is 0 Å². The quantitative estimate of drug-likeness (QED) is 0.762. The topological polar surface area (TPSA) is 30.3 Å². The van der Waals surface area contributed by atoms with E-state index in [9.17, 15) is 0 Å². The monoisotopic (exact) mass is 243 g/mol. The summed E-state index contributed by atoms with van der Waals surface area (Å²) in [7, 11) is 0. The first-order chi connectivity index (χ1) is 8.88. The molecule has 1 aromatic rings. The van der Waals surface area contributed by atoms with E-state index >= 15 is 0 Å². The molecule has 1 aliphatic heterocycles. The summed E-state index contributed by atoms with van der Waals surface area (Å²) in [6, 6.07) is 12.9. The van der Waals surface area contributed by atoms with Crippen molar-refractivity contribution in [2.24, 2.45) is 0 Å². The van der Waals surface area contributed by atoms with Gasteiger partial charge in [-0.25, -0.2) is 0 Å². The van der Waals surface area contributed by atoms with Gasteiger partial charge in [0.2, 0.25) is 0 Å². The molecule has 0 unspecified atom stereocenters. The van der Waals surface area contributed by atoms with Crippen molar-refractivity contribution in [2.45, 2.75) is 19.4 Å². The average molecular weight is 243 g/mol. The summed E-state index contributed by atoms with van der Waals surface area (Å²) in [5.41, 5.74) is 1.40. The molecule has 1 aromatic carbocycles. The maximum Gasteiger partial charge on any atom is 0.0866 e. The van der Waals surface area contributed by atoms with Gasteiger partial charge >= 0.3 is 0 Å². The van der Waals surface area contributed by atoms with Gasteiger partial charge in [-0.15, -0.1) is 0 Å². The van der Waals surface area contributed by atoms with Gasteiger partial charge in [0.1, 0.15) is 0 Å². The van der Waals surface area contributed by atoms with E-state index in [1.165, 1.54) is 5.56 Å². The van der Waals surface area contributed by atoms with E-state index in [1.807, 2.05) is 0 Å². The number of hydrogen-bond acceptors (Lipinski definition) is 3. The van der Waals surface area contributed by atoms with Crippen molar-refractivity contribution in [3.05, 3.63) is 35.9 Å². The molecule has 0 aromatic heterocycles. The van der Waals surface area contributed by atoms with Crippen LogP contribution in [0.15, 0.2) is 30.3 Å². The lowest BCUT2D eigenvalue weighted by Crippen LogP contribution is -2.36. The molecule has 0 radical (unpaired) electrons. The van der Waals surface area contributed by atoms with E-state index in [-0.39, 0.29) is 0 Å². The largest absolute Gasteiger partial charge is 0.299 e. The predicted octanol–water partition coefficient (Wildman–Crippen LogP) is 2.11. The highest BCUT2D eigenvalue weighted by molar-refractivity contribution is 5.14. The highest BCUT2D eigenvalue weighted by atomic mass is 15.2. The Morgan fingerprint density at radius 2 is 1.56 bits per heavy atom. The minimum Gasteiger partial charge on any atom is -0.299 e. The fourth-order valence-electron chi connectivity index (χ4n) is 2.52. The minimum absolute atomic E-state index is 0.582. The Labute approximate surface area is 110 Å². The van der Waals surface area contributed by atoms with Gasteiger partial charge in [0.05, 0.1) is 12.6 Å². The Hall–Kier alpha value is -1.37. The van der Waals surface area contributed by atoms with E-state index in [4.69, 9.17) is 5.26 Å². The SMILES string of the molecule is N#CCN1CCCN(Cc2ccccc2)CCC1. The van der Waals surface area contributed by atoms with Crippen molar-refractivity contribution in [1.29, 1.82) is 5.26 Å². The van der Waals surface area contributed by atoms with Gasteiger partial charge in [0, 0.05) is 19.6 Å². The van der Waals surface area contributed by atoms with Crippen LogP contribution in [0.3, 0.4) is 0 Å². The summed E-state index contributed by atoms with van der Waals surface area (Å²) in [6.07, 6.45) is 2.32. The van der Waals surface area contributed by atoms with Crippen LogP contribution < -0.4 is 0 Å². The molecule has 0 aliphatic carbocycles. The first kappa shape index (κ1) is 13.1. The number of nitrogens with zero attached hydrogens (tertiary/aromatic N) is 3. The van der Waals surface area contributed by atoms with Crippen LogP contribution in [0.25, 0.3) is 0 Å². The first-order valence-corrected chi connectivity index (χ1v) is 6.74. The summed E-state index contributed by atoms with van der Waals surface area (Å²) in [5.74, 6) is 0. The predicted molar refractivity (Wildman–Crippen MR) is 73.0 cm³/mol. The van der Waals surface area contributed by atoms with Crippen molar-refractivity contribution in [3.63, 3.8) is 0 Å². The van der Waals surface area contributed by atoms with Crippen LogP contribution in [0.1, 0.15) is 18.4 Å². The lowest BCUT2D eigenvalue weighted by atomic mass is 10.2. The molecule has 0 amide bonds. The van der Waals surface area contributed by atoms with Crippen LogP contribution in [0.4, 0.5) is 0 Å². The standard InChI is InChI=1S/C15H21N3/c16-8-13-17-9-4-11-18(12-5-10-17)14-15-6-2-1-3-7-15/h1-3,6-7H,4-5,9-14H2. The summed E-state index contributed by atoms with van der Waals surface area (Å²) in [4.78, 5) is 4.79. The summed E-state index contributed by atoms with van der Waals surface area (Å²) in [6.45, 7) is 6.02. The van der Waals surface area contributed by atoms with Crippen LogP contribution in [0.2, 0.25) is 0 Å². The molecule has 0 N–H and O–H groups in total. The molecule has 1 saturated heterocycles. The second-order valence-electron chi connectivity index (χ2n) is 4.90. The zero-order valence-corrected chi connectivity index (χ0v) is 10.9. The third-order valence-corrected chi connectivity index (χ3v) is 3.44. The Morgan fingerprint density at radius 1 is 0.944 bits per heavy atom. The molecule has 0 spiro atoms. The van der Waals surface area contributed by atoms with E-state index < -0.39 is 0 Å². The third kappa shape index (κ3) is 4.14. The average Bonchev–Trinajstić information content (AvgIpc) is 2.36. The van der Waals surface area contributed by atoms with Crippen LogP contribution >= 0.6 is 0 Å². The van der Waals surface area contributed by atoms with E-state index in [1.54, 1.807) is 0 Å². The normalized spacial score (nSPS) is 18.8. The molecule has 0 atom stereocenters. The van der Waals surface area contributed by atoms with E-state index in [0.717, 1.165) is 45.6 Å². The van der Waals surface area contributed by atoms with Gasteiger partial charge in [-0.1, -0.05) is 30.3 Å². The van der Waals surface area contributed by atoms with Crippen molar-refractivity contribution < 1.29 is 0 Å². The van der Waals surface area contributed by atoms with Gasteiger partial charge in [-0.2, -0.15) is 5.26 Å². The second-order valence-corrected chi connectivity index (χ2v) is 4.90. The molecular formula is C15H21N3. The molecule has 18 heavy (non-hydrogen) atoms. The molecular weight excluding hydrogens is 222 g/mol. The molecule has 2 rings (SSSR count). The summed E-state index contributed by atoms with van der Waals surface area (Å²) < 4.78 is 0. The van der Waals surface area contributed by atoms with Crippen LogP contribution in [-0.2, 0) is 6.54 Å². The van der Waals surface area contributed by atoms with Gasteiger partial charge in [0.15, 0.2) is 0 Å². The number of benzene rings is 1. The number of rotatable bonds is 3. The zero-order chi connectivity index (χ0) is 12.6. The molecule has 3 heteroatoms. The highest BCUT2D eigenvalue weighted by Crippen LogP contribution is 2.09. The molecule has 1 aliphatic rings. The molecule has 96 valence electrons. The lowest BCUT2D eigenvalue weighted by Gasteiger charge is -2.29. The fraction of sp³-hybridized carbons (Fsp3) is 0.533. The third-order valence-electron chi connectivity index (χ3n) is 3.44. The van der Waals surface area contributed by atoms with Crippen molar-refractivity contribution >= 4 is 0 Å². The smallest absolute Gasteiger partial charge is 0.0866 e. The molecule has 0 saturated carbocycles.